The van der Waals surface area contributed by atoms with Crippen molar-refractivity contribution in [2.75, 3.05) is 18.0 Å². The third-order valence-corrected chi connectivity index (χ3v) is 7.73. The topological polar surface area (TPSA) is 75.7 Å². The first-order valence-electron chi connectivity index (χ1n) is 8.00. The summed E-state index contributed by atoms with van der Waals surface area (Å²) in [5, 5.41) is 6.37. The molecule has 0 aliphatic rings. The molecule has 0 aliphatic heterocycles. The first-order chi connectivity index (χ1) is 13.0. The van der Waals surface area contributed by atoms with Crippen molar-refractivity contribution in [3.05, 3.63) is 64.2 Å². The molecule has 9 heteroatoms. The van der Waals surface area contributed by atoms with Crippen molar-refractivity contribution in [2.24, 2.45) is 0 Å². The molecule has 0 radical (unpaired) electrons. The third-order valence-electron chi connectivity index (χ3n) is 3.72. The molecule has 0 atom stereocenters. The molecular weight excluding hydrogens is 404 g/mol. The number of hydrogen-bond donors (Lipinski definition) is 1. The highest BCUT2D eigenvalue weighted by atomic mass is 32.2. The van der Waals surface area contributed by atoms with Gasteiger partial charge in [-0.25, -0.2) is 8.42 Å². The van der Waals surface area contributed by atoms with Crippen LogP contribution in [0.25, 0.3) is 0 Å². The van der Waals surface area contributed by atoms with Gasteiger partial charge in [0.15, 0.2) is 0 Å². The lowest BCUT2D eigenvalue weighted by atomic mass is 10.3. The van der Waals surface area contributed by atoms with E-state index >= 15 is 0 Å². The maximum absolute atomic E-state index is 13.1. The van der Waals surface area contributed by atoms with E-state index in [2.05, 4.69) is 5.32 Å². The first kappa shape index (κ1) is 19.4. The number of nitrogens with zero attached hydrogens (tertiary/aromatic N) is 1. The van der Waals surface area contributed by atoms with Crippen molar-refractivity contribution >= 4 is 44.3 Å². The fourth-order valence-corrected chi connectivity index (χ4v) is 5.62. The second kappa shape index (κ2) is 8.55. The molecule has 6 nitrogen and oxygen atoms in total. The minimum absolute atomic E-state index is 0.166. The van der Waals surface area contributed by atoms with Gasteiger partial charge in [0.1, 0.15) is 16.5 Å². The van der Waals surface area contributed by atoms with Gasteiger partial charge >= 0.3 is 0 Å². The van der Waals surface area contributed by atoms with E-state index in [9.17, 15) is 13.2 Å². The van der Waals surface area contributed by atoms with Gasteiger partial charge in [-0.3, -0.25) is 9.10 Å². The molecule has 3 aromatic rings. The van der Waals surface area contributed by atoms with Crippen LogP contribution in [0, 0.1) is 0 Å². The number of ether oxygens (including phenoxy) is 1. The van der Waals surface area contributed by atoms with Crippen LogP contribution < -0.4 is 14.4 Å². The van der Waals surface area contributed by atoms with Gasteiger partial charge in [-0.05, 0) is 35.0 Å². The number of carbonyl (C=O) groups is 1. The summed E-state index contributed by atoms with van der Waals surface area (Å²) in [6, 6.07) is 13.7. The summed E-state index contributed by atoms with van der Waals surface area (Å²) < 4.78 is 32.8. The minimum Gasteiger partial charge on any atom is -0.495 e. The summed E-state index contributed by atoms with van der Waals surface area (Å²) in [5.74, 6) is -0.0156. The van der Waals surface area contributed by atoms with E-state index in [4.69, 9.17) is 4.74 Å². The molecule has 0 saturated carbocycles. The number of amides is 1. The Kier molecular flexibility index (Phi) is 6.15. The summed E-state index contributed by atoms with van der Waals surface area (Å²) >= 11 is 2.63. The lowest BCUT2D eigenvalue weighted by Crippen LogP contribution is -2.40. The average molecular weight is 423 g/mol. The van der Waals surface area contributed by atoms with Gasteiger partial charge in [-0.2, -0.15) is 0 Å². The maximum Gasteiger partial charge on any atom is 0.274 e. The van der Waals surface area contributed by atoms with Crippen molar-refractivity contribution < 1.29 is 17.9 Å². The van der Waals surface area contributed by atoms with E-state index in [0.717, 1.165) is 20.5 Å². The Bertz CT molecular complexity index is 984. The van der Waals surface area contributed by atoms with Gasteiger partial charge in [0.05, 0.1) is 19.3 Å². The summed E-state index contributed by atoms with van der Waals surface area (Å²) in [4.78, 5) is 13.5. The van der Waals surface area contributed by atoms with Gasteiger partial charge in [-0.15, -0.1) is 22.7 Å². The fraction of sp³-hybridized carbons (Fsp3) is 0.167. The minimum atomic E-state index is -3.90. The first-order valence-corrected chi connectivity index (χ1v) is 11.2. The van der Waals surface area contributed by atoms with Crippen LogP contribution in [0.15, 0.2) is 63.5 Å². The number of para-hydroxylation sites is 2. The highest BCUT2D eigenvalue weighted by molar-refractivity contribution is 7.94. The van der Waals surface area contributed by atoms with Crippen LogP contribution in [0.5, 0.6) is 5.75 Å². The normalized spacial score (nSPS) is 11.1. The van der Waals surface area contributed by atoms with Crippen molar-refractivity contribution in [3.8, 4) is 5.75 Å². The number of anilines is 1. The van der Waals surface area contributed by atoms with Crippen molar-refractivity contribution in [1.29, 1.82) is 0 Å². The third kappa shape index (κ3) is 4.49. The van der Waals surface area contributed by atoms with E-state index in [1.807, 2.05) is 17.5 Å². The van der Waals surface area contributed by atoms with E-state index in [0.29, 0.717) is 18.0 Å². The summed E-state index contributed by atoms with van der Waals surface area (Å²) in [5.41, 5.74) is 0.319. The number of thiophene rings is 2. The molecule has 142 valence electrons. The highest BCUT2D eigenvalue weighted by Crippen LogP contribution is 2.33. The number of nitrogens with one attached hydrogen (secondary N) is 1. The van der Waals surface area contributed by atoms with Gasteiger partial charge in [0.25, 0.3) is 10.0 Å². The molecule has 2 heterocycles. The van der Waals surface area contributed by atoms with E-state index in [1.54, 1.807) is 35.7 Å². The number of hydrogen-bond acceptors (Lipinski definition) is 6. The van der Waals surface area contributed by atoms with Crippen molar-refractivity contribution in [3.63, 3.8) is 0 Å². The number of rotatable bonds is 8. The molecular formula is C18H18N2O4S3. The zero-order valence-electron chi connectivity index (χ0n) is 14.5. The fourth-order valence-electron chi connectivity index (χ4n) is 2.44. The molecule has 1 amide bonds. The van der Waals surface area contributed by atoms with Crippen LogP contribution in [0.3, 0.4) is 0 Å². The molecule has 0 saturated heterocycles. The Labute approximate surface area is 166 Å². The predicted molar refractivity (Wildman–Crippen MR) is 108 cm³/mol. The maximum atomic E-state index is 13.1. The van der Waals surface area contributed by atoms with Crippen molar-refractivity contribution in [1.82, 2.24) is 5.32 Å². The van der Waals surface area contributed by atoms with Crippen LogP contribution in [0.1, 0.15) is 4.88 Å². The Morgan fingerprint density at radius 3 is 2.48 bits per heavy atom. The predicted octanol–water partition coefficient (Wildman–Crippen LogP) is 3.33. The molecule has 27 heavy (non-hydrogen) atoms. The second-order valence-electron chi connectivity index (χ2n) is 5.47. The molecule has 1 aromatic carbocycles. The van der Waals surface area contributed by atoms with Gasteiger partial charge in [0.2, 0.25) is 5.91 Å². The lowest BCUT2D eigenvalue weighted by molar-refractivity contribution is -0.119. The number of benzene rings is 1. The number of methoxy groups -OCH3 is 1. The summed E-state index contributed by atoms with van der Waals surface area (Å²) in [6.45, 7) is 0.0152. The molecule has 3 rings (SSSR count). The van der Waals surface area contributed by atoms with Crippen LogP contribution in [0.4, 0.5) is 5.69 Å². The molecule has 0 unspecified atom stereocenters. The largest absolute Gasteiger partial charge is 0.495 e. The zero-order chi connectivity index (χ0) is 19.3. The Morgan fingerprint density at radius 2 is 1.81 bits per heavy atom. The lowest BCUT2D eigenvalue weighted by Gasteiger charge is -2.24. The average Bonchev–Trinajstić information content (AvgIpc) is 3.38. The SMILES string of the molecule is COc1ccccc1N(CC(=O)NCc1cccs1)S(=O)(=O)c1cccs1. The van der Waals surface area contributed by atoms with Crippen LogP contribution >= 0.6 is 22.7 Å². The standard InChI is InChI=1S/C18H18N2O4S3/c1-24-16-8-3-2-7-15(16)20(27(22,23)18-9-5-11-26-18)13-17(21)19-12-14-6-4-10-25-14/h2-11H,12-13H2,1H3,(H,19,21). The van der Waals surface area contributed by atoms with Crippen molar-refractivity contribution in [2.45, 2.75) is 10.8 Å². The second-order valence-corrected chi connectivity index (χ2v) is 9.54. The van der Waals surface area contributed by atoms with Gasteiger partial charge < -0.3 is 10.1 Å². The number of sulfonamides is 1. The highest BCUT2D eigenvalue weighted by Gasteiger charge is 2.30. The quantitative estimate of drug-likeness (QED) is 0.604. The number of carbonyl (C=O) groups excluding carboxylic acids is 1. The molecule has 1 N–H and O–H groups in total. The monoisotopic (exact) mass is 422 g/mol. The molecule has 0 bridgehead atoms. The van der Waals surface area contributed by atoms with Gasteiger partial charge in [-0.1, -0.05) is 24.3 Å². The van der Waals surface area contributed by atoms with E-state index in [-0.39, 0.29) is 10.8 Å². The molecule has 2 aromatic heterocycles. The van der Waals surface area contributed by atoms with Crippen LogP contribution in [0.2, 0.25) is 0 Å². The van der Waals surface area contributed by atoms with Crippen LogP contribution in [-0.4, -0.2) is 28.0 Å². The Balaban J connectivity index is 1.89. The Morgan fingerprint density at radius 1 is 1.07 bits per heavy atom. The Hall–Kier alpha value is -2.36. The molecule has 0 spiro atoms. The summed E-state index contributed by atoms with van der Waals surface area (Å²) in [6.07, 6.45) is 0. The molecule has 0 fully saturated rings. The molecule has 0 aliphatic carbocycles. The summed E-state index contributed by atoms with van der Waals surface area (Å²) in [7, 11) is -2.43. The van der Waals surface area contributed by atoms with Gasteiger partial charge in [0, 0.05) is 4.88 Å². The smallest absolute Gasteiger partial charge is 0.274 e. The van der Waals surface area contributed by atoms with E-state index in [1.165, 1.54) is 24.5 Å². The van der Waals surface area contributed by atoms with E-state index < -0.39 is 15.9 Å². The van der Waals surface area contributed by atoms with Crippen LogP contribution in [-0.2, 0) is 21.4 Å². The zero-order valence-corrected chi connectivity index (χ0v) is 16.9.